The third-order valence-electron chi connectivity index (χ3n) is 3.63. The van der Waals surface area contributed by atoms with Gasteiger partial charge in [0.05, 0.1) is 11.1 Å². The van der Waals surface area contributed by atoms with Crippen LogP contribution in [0.25, 0.3) is 0 Å². The number of hydrogen-bond acceptors (Lipinski definition) is 4. The van der Waals surface area contributed by atoms with Gasteiger partial charge in [-0.25, -0.2) is 4.98 Å². The molecule has 0 aliphatic carbocycles. The number of nitrogens with one attached hydrogen (secondary N) is 2. The zero-order valence-electron chi connectivity index (χ0n) is 15.8. The molecule has 0 saturated carbocycles. The van der Waals surface area contributed by atoms with E-state index in [-0.39, 0.29) is 6.10 Å². The lowest BCUT2D eigenvalue weighted by molar-refractivity contribution is -0.140. The summed E-state index contributed by atoms with van der Waals surface area (Å²) in [6.07, 6.45) is -2.98. The van der Waals surface area contributed by atoms with Crippen molar-refractivity contribution in [1.29, 1.82) is 0 Å². The van der Waals surface area contributed by atoms with E-state index in [1.54, 1.807) is 0 Å². The first kappa shape index (κ1) is 22.7. The SMILES string of the molecule is CCNC(=NCCC(OCC)C(C)C)NCCc1nc(C(F)(F)F)cs1. The van der Waals surface area contributed by atoms with Crippen molar-refractivity contribution in [3.05, 3.63) is 16.1 Å². The molecule has 0 aliphatic rings. The summed E-state index contributed by atoms with van der Waals surface area (Å²) in [5.41, 5.74) is -0.825. The molecule has 1 aromatic rings. The van der Waals surface area contributed by atoms with Gasteiger partial charge in [-0.3, -0.25) is 4.99 Å². The molecule has 0 aromatic carbocycles. The van der Waals surface area contributed by atoms with Crippen LogP contribution in [-0.4, -0.2) is 43.3 Å². The number of alkyl halides is 3. The smallest absolute Gasteiger partial charge is 0.378 e. The van der Waals surface area contributed by atoms with Crippen LogP contribution in [0.4, 0.5) is 13.2 Å². The molecule has 0 amide bonds. The van der Waals surface area contributed by atoms with Gasteiger partial charge in [-0.15, -0.1) is 11.3 Å². The van der Waals surface area contributed by atoms with E-state index in [2.05, 4.69) is 34.5 Å². The van der Waals surface area contributed by atoms with Crippen molar-refractivity contribution >= 4 is 17.3 Å². The summed E-state index contributed by atoms with van der Waals surface area (Å²) in [5.74, 6) is 1.08. The number of hydrogen-bond donors (Lipinski definition) is 2. The van der Waals surface area contributed by atoms with Gasteiger partial charge in [-0.2, -0.15) is 13.2 Å². The second-order valence-electron chi connectivity index (χ2n) is 6.09. The van der Waals surface area contributed by atoms with E-state index in [9.17, 15) is 13.2 Å². The molecule has 0 radical (unpaired) electrons. The fraction of sp³-hybridized carbons (Fsp3) is 0.765. The van der Waals surface area contributed by atoms with Crippen LogP contribution in [0.15, 0.2) is 10.4 Å². The summed E-state index contributed by atoms with van der Waals surface area (Å²) in [7, 11) is 0. The number of rotatable bonds is 10. The Morgan fingerprint density at radius 3 is 2.58 bits per heavy atom. The minimum atomic E-state index is -4.38. The highest BCUT2D eigenvalue weighted by Gasteiger charge is 2.33. The quantitative estimate of drug-likeness (QED) is 0.469. The summed E-state index contributed by atoms with van der Waals surface area (Å²) in [4.78, 5) is 8.14. The number of nitrogens with zero attached hydrogens (tertiary/aromatic N) is 2. The number of guanidine groups is 1. The van der Waals surface area contributed by atoms with Crippen molar-refractivity contribution in [2.75, 3.05) is 26.2 Å². The van der Waals surface area contributed by atoms with Crippen LogP contribution in [0.3, 0.4) is 0 Å². The van der Waals surface area contributed by atoms with Crippen LogP contribution >= 0.6 is 11.3 Å². The minimum absolute atomic E-state index is 0.169. The number of halogens is 3. The molecule has 1 heterocycles. The molecule has 1 aromatic heterocycles. The molecule has 9 heteroatoms. The maximum atomic E-state index is 12.6. The van der Waals surface area contributed by atoms with Gasteiger partial charge >= 0.3 is 6.18 Å². The summed E-state index contributed by atoms with van der Waals surface area (Å²) >= 11 is 1.02. The first-order valence-corrected chi connectivity index (χ1v) is 9.81. The van der Waals surface area contributed by atoms with Crippen LogP contribution < -0.4 is 10.6 Å². The predicted octanol–water partition coefficient (Wildman–Crippen LogP) is 3.71. The number of thiazole rings is 1. The van der Waals surface area contributed by atoms with Crippen LogP contribution in [0.2, 0.25) is 0 Å². The van der Waals surface area contributed by atoms with E-state index in [4.69, 9.17) is 4.74 Å². The number of aliphatic imine (C=N–C) groups is 1. The average Bonchev–Trinajstić information content (AvgIpc) is 3.03. The second-order valence-corrected chi connectivity index (χ2v) is 7.03. The van der Waals surface area contributed by atoms with E-state index in [1.165, 1.54) is 0 Å². The molecule has 0 spiro atoms. The largest absolute Gasteiger partial charge is 0.434 e. The van der Waals surface area contributed by atoms with Gasteiger partial charge in [0.1, 0.15) is 0 Å². The maximum absolute atomic E-state index is 12.6. The van der Waals surface area contributed by atoms with Gasteiger partial charge in [0.2, 0.25) is 0 Å². The molecule has 0 saturated heterocycles. The normalized spacial score (nSPS) is 13.9. The van der Waals surface area contributed by atoms with Crippen molar-refractivity contribution in [3.63, 3.8) is 0 Å². The summed E-state index contributed by atoms with van der Waals surface area (Å²) in [5, 5.41) is 7.78. The lowest BCUT2D eigenvalue weighted by atomic mass is 10.0. The Hall–Kier alpha value is -1.35. The summed E-state index contributed by atoms with van der Waals surface area (Å²) < 4.78 is 43.4. The molecule has 26 heavy (non-hydrogen) atoms. The van der Waals surface area contributed by atoms with E-state index in [0.29, 0.717) is 49.5 Å². The average molecular weight is 395 g/mol. The van der Waals surface area contributed by atoms with Crippen LogP contribution in [0.5, 0.6) is 0 Å². The highest BCUT2D eigenvalue weighted by molar-refractivity contribution is 7.09. The zero-order valence-corrected chi connectivity index (χ0v) is 16.6. The number of aromatic nitrogens is 1. The van der Waals surface area contributed by atoms with E-state index in [0.717, 1.165) is 23.1 Å². The number of ether oxygens (including phenoxy) is 1. The fourth-order valence-electron chi connectivity index (χ4n) is 2.31. The predicted molar refractivity (Wildman–Crippen MR) is 99.7 cm³/mol. The van der Waals surface area contributed by atoms with E-state index in [1.807, 2.05) is 13.8 Å². The maximum Gasteiger partial charge on any atom is 0.434 e. The summed E-state index contributed by atoms with van der Waals surface area (Å²) in [6, 6.07) is 0. The van der Waals surface area contributed by atoms with Crippen LogP contribution in [-0.2, 0) is 17.3 Å². The molecular formula is C17H29F3N4OS. The third kappa shape index (κ3) is 8.35. The molecule has 150 valence electrons. The van der Waals surface area contributed by atoms with Crippen molar-refractivity contribution in [1.82, 2.24) is 15.6 Å². The van der Waals surface area contributed by atoms with Gasteiger partial charge < -0.3 is 15.4 Å². The first-order valence-electron chi connectivity index (χ1n) is 8.93. The topological polar surface area (TPSA) is 58.5 Å². The Labute approximate surface area is 157 Å². The molecule has 1 rings (SSSR count). The Morgan fingerprint density at radius 2 is 2.04 bits per heavy atom. The Balaban J connectivity index is 2.48. The van der Waals surface area contributed by atoms with Gasteiger partial charge in [0.25, 0.3) is 0 Å². The van der Waals surface area contributed by atoms with E-state index >= 15 is 0 Å². The third-order valence-corrected chi connectivity index (χ3v) is 4.53. The first-order chi connectivity index (χ1) is 12.3. The van der Waals surface area contributed by atoms with Gasteiger partial charge in [-0.05, 0) is 26.2 Å². The molecule has 0 aliphatic heterocycles. The van der Waals surface area contributed by atoms with Gasteiger partial charge in [0.15, 0.2) is 11.7 Å². The monoisotopic (exact) mass is 394 g/mol. The van der Waals surface area contributed by atoms with Crippen molar-refractivity contribution < 1.29 is 17.9 Å². The standard InChI is InChI=1S/C17H29F3N4OS/c1-5-21-16(22-9-7-13(12(3)4)25-6-2)23-10-8-15-24-14(11-26-15)17(18,19)20/h11-13H,5-10H2,1-4H3,(H2,21,22,23). The Morgan fingerprint density at radius 1 is 1.31 bits per heavy atom. The van der Waals surface area contributed by atoms with Crippen molar-refractivity contribution in [2.24, 2.45) is 10.9 Å². The van der Waals surface area contributed by atoms with Gasteiger partial charge in [0, 0.05) is 38.0 Å². The molecule has 2 N–H and O–H groups in total. The van der Waals surface area contributed by atoms with E-state index < -0.39 is 11.9 Å². The van der Waals surface area contributed by atoms with Crippen molar-refractivity contribution in [3.8, 4) is 0 Å². The fourth-order valence-corrected chi connectivity index (χ4v) is 3.12. The zero-order chi connectivity index (χ0) is 19.6. The van der Waals surface area contributed by atoms with Crippen LogP contribution in [0, 0.1) is 5.92 Å². The molecule has 1 unspecified atom stereocenters. The lowest BCUT2D eigenvalue weighted by Crippen LogP contribution is -2.38. The molecular weight excluding hydrogens is 365 g/mol. The molecule has 0 fully saturated rings. The Bertz CT molecular complexity index is 546. The molecule has 0 bridgehead atoms. The second kappa shape index (κ2) is 11.4. The van der Waals surface area contributed by atoms with Crippen molar-refractivity contribution in [2.45, 2.75) is 52.8 Å². The Kier molecular flexibility index (Phi) is 9.93. The van der Waals surface area contributed by atoms with Crippen LogP contribution in [0.1, 0.15) is 44.8 Å². The lowest BCUT2D eigenvalue weighted by Gasteiger charge is -2.20. The highest BCUT2D eigenvalue weighted by atomic mass is 32.1. The summed E-state index contributed by atoms with van der Waals surface area (Å²) in [6.45, 7) is 10.7. The minimum Gasteiger partial charge on any atom is -0.378 e. The molecule has 5 nitrogen and oxygen atoms in total. The molecule has 1 atom stereocenters. The highest BCUT2D eigenvalue weighted by Crippen LogP contribution is 2.29. The van der Waals surface area contributed by atoms with Gasteiger partial charge in [-0.1, -0.05) is 13.8 Å².